The molecule has 4 heteroatoms. The van der Waals surface area contributed by atoms with Crippen molar-refractivity contribution >= 4 is 11.6 Å². The van der Waals surface area contributed by atoms with Gasteiger partial charge < -0.3 is 9.72 Å². The van der Waals surface area contributed by atoms with Crippen molar-refractivity contribution in [3.8, 4) is 5.75 Å². The topological polar surface area (TPSA) is 42.1 Å². The molecule has 17 heavy (non-hydrogen) atoms. The van der Waals surface area contributed by atoms with E-state index in [4.69, 9.17) is 16.3 Å². The molecule has 0 amide bonds. The minimum atomic E-state index is -0.265. The zero-order chi connectivity index (χ0) is 12.3. The highest BCUT2D eigenvalue weighted by atomic mass is 35.5. The fraction of sp³-hybridized carbons (Fsp3) is 0.154. The van der Waals surface area contributed by atoms with Gasteiger partial charge in [-0.15, -0.1) is 0 Å². The molecule has 0 radical (unpaired) electrons. The lowest BCUT2D eigenvalue weighted by molar-refractivity contribution is 0.410. The summed E-state index contributed by atoms with van der Waals surface area (Å²) < 4.78 is 5.25. The Morgan fingerprint density at radius 3 is 2.71 bits per heavy atom. The number of ether oxygens (including phenoxy) is 1. The van der Waals surface area contributed by atoms with Gasteiger partial charge in [-0.05, 0) is 23.8 Å². The number of methoxy groups -OCH3 is 1. The molecule has 0 fully saturated rings. The summed E-state index contributed by atoms with van der Waals surface area (Å²) >= 11 is 5.67. The van der Waals surface area contributed by atoms with Crippen molar-refractivity contribution in [1.82, 2.24) is 4.98 Å². The van der Waals surface area contributed by atoms with Gasteiger partial charge in [-0.25, -0.2) is 0 Å². The Morgan fingerprint density at radius 1 is 1.24 bits per heavy atom. The second-order valence-corrected chi connectivity index (χ2v) is 4.06. The standard InChI is InChI=1S/C13H12ClNO2/c1-17-12-5-3-2-4-9(12)8-10-6-7-11(14)13(16)15-10/h2-7H,8H2,1H3,(H,15,16). The van der Waals surface area contributed by atoms with E-state index < -0.39 is 0 Å². The van der Waals surface area contributed by atoms with E-state index >= 15 is 0 Å². The smallest absolute Gasteiger partial charge is 0.266 e. The molecule has 0 saturated carbocycles. The third-order valence-corrected chi connectivity index (χ3v) is 2.79. The Balaban J connectivity index is 2.31. The van der Waals surface area contributed by atoms with Crippen LogP contribution in [0.4, 0.5) is 0 Å². The zero-order valence-electron chi connectivity index (χ0n) is 9.37. The van der Waals surface area contributed by atoms with Gasteiger partial charge in [0.1, 0.15) is 10.8 Å². The predicted octanol–water partition coefficient (Wildman–Crippen LogP) is 2.63. The van der Waals surface area contributed by atoms with Gasteiger partial charge in [0.15, 0.2) is 0 Å². The number of hydrogen-bond donors (Lipinski definition) is 1. The maximum atomic E-state index is 11.4. The average Bonchev–Trinajstić information content (AvgIpc) is 2.34. The molecule has 0 bridgehead atoms. The summed E-state index contributed by atoms with van der Waals surface area (Å²) in [6.07, 6.45) is 0.608. The van der Waals surface area contributed by atoms with E-state index in [9.17, 15) is 4.79 Å². The van der Waals surface area contributed by atoms with E-state index in [-0.39, 0.29) is 10.6 Å². The highest BCUT2D eigenvalue weighted by molar-refractivity contribution is 6.30. The second kappa shape index (κ2) is 5.06. The first-order valence-corrected chi connectivity index (χ1v) is 5.58. The minimum absolute atomic E-state index is 0.203. The Bertz CT molecular complexity index is 578. The van der Waals surface area contributed by atoms with Crippen molar-refractivity contribution < 1.29 is 4.74 Å². The maximum absolute atomic E-state index is 11.4. The van der Waals surface area contributed by atoms with Crippen LogP contribution in [0.1, 0.15) is 11.3 Å². The third-order valence-electron chi connectivity index (χ3n) is 2.50. The molecule has 0 aliphatic rings. The number of hydrogen-bond acceptors (Lipinski definition) is 2. The number of rotatable bonds is 3. The molecular formula is C13H12ClNO2. The Labute approximate surface area is 104 Å². The SMILES string of the molecule is COc1ccccc1Cc1ccc(Cl)c(=O)[nH]1. The molecule has 2 aromatic rings. The number of aromatic amines is 1. The molecule has 0 aliphatic heterocycles. The van der Waals surface area contributed by atoms with Gasteiger partial charge in [0.25, 0.3) is 5.56 Å². The first-order chi connectivity index (χ1) is 8.20. The molecule has 1 heterocycles. The first-order valence-electron chi connectivity index (χ1n) is 5.20. The summed E-state index contributed by atoms with van der Waals surface area (Å²) in [5, 5.41) is 0.203. The van der Waals surface area contributed by atoms with E-state index in [1.165, 1.54) is 0 Å². The number of nitrogens with one attached hydrogen (secondary N) is 1. The van der Waals surface area contributed by atoms with Gasteiger partial charge in [0.05, 0.1) is 7.11 Å². The minimum Gasteiger partial charge on any atom is -0.496 e. The van der Waals surface area contributed by atoms with Crippen LogP contribution >= 0.6 is 11.6 Å². The Morgan fingerprint density at radius 2 is 2.00 bits per heavy atom. The largest absolute Gasteiger partial charge is 0.496 e. The molecular weight excluding hydrogens is 238 g/mol. The van der Waals surface area contributed by atoms with E-state index in [0.717, 1.165) is 17.0 Å². The van der Waals surface area contributed by atoms with E-state index in [2.05, 4.69) is 4.98 Å². The highest BCUT2D eigenvalue weighted by Crippen LogP contribution is 2.19. The summed E-state index contributed by atoms with van der Waals surface area (Å²) in [6, 6.07) is 11.1. The van der Waals surface area contributed by atoms with Crippen LogP contribution in [0.25, 0.3) is 0 Å². The molecule has 1 aromatic heterocycles. The fourth-order valence-corrected chi connectivity index (χ4v) is 1.76. The molecule has 0 saturated heterocycles. The summed E-state index contributed by atoms with van der Waals surface area (Å²) in [5.74, 6) is 0.809. The molecule has 3 nitrogen and oxygen atoms in total. The van der Waals surface area contributed by atoms with Crippen molar-refractivity contribution in [2.45, 2.75) is 6.42 Å². The number of H-pyrrole nitrogens is 1. The number of para-hydroxylation sites is 1. The normalized spacial score (nSPS) is 10.2. The lowest BCUT2D eigenvalue weighted by Crippen LogP contribution is -2.09. The van der Waals surface area contributed by atoms with Crippen LogP contribution in [0.5, 0.6) is 5.75 Å². The zero-order valence-corrected chi connectivity index (χ0v) is 10.1. The molecule has 0 aliphatic carbocycles. The maximum Gasteiger partial charge on any atom is 0.266 e. The highest BCUT2D eigenvalue weighted by Gasteiger charge is 2.04. The molecule has 0 unspecified atom stereocenters. The van der Waals surface area contributed by atoms with Gasteiger partial charge in [-0.3, -0.25) is 4.79 Å². The first kappa shape index (κ1) is 11.7. The van der Waals surface area contributed by atoms with Crippen molar-refractivity contribution in [3.05, 3.63) is 63.0 Å². The second-order valence-electron chi connectivity index (χ2n) is 3.65. The van der Waals surface area contributed by atoms with E-state index in [0.29, 0.717) is 6.42 Å². The van der Waals surface area contributed by atoms with Crippen LogP contribution in [0.2, 0.25) is 5.02 Å². The van der Waals surface area contributed by atoms with E-state index in [1.807, 2.05) is 24.3 Å². The molecule has 0 spiro atoms. The lowest BCUT2D eigenvalue weighted by atomic mass is 10.1. The van der Waals surface area contributed by atoms with Crippen LogP contribution in [0.3, 0.4) is 0 Å². The molecule has 1 aromatic carbocycles. The van der Waals surface area contributed by atoms with Gasteiger partial charge in [0.2, 0.25) is 0 Å². The van der Waals surface area contributed by atoms with Crippen LogP contribution in [-0.4, -0.2) is 12.1 Å². The van der Waals surface area contributed by atoms with Gasteiger partial charge in [-0.1, -0.05) is 29.8 Å². The number of pyridine rings is 1. The number of halogens is 1. The number of aromatic nitrogens is 1. The monoisotopic (exact) mass is 249 g/mol. The van der Waals surface area contributed by atoms with Gasteiger partial charge >= 0.3 is 0 Å². The number of benzene rings is 1. The van der Waals surface area contributed by atoms with Gasteiger partial charge in [0, 0.05) is 12.1 Å². The van der Waals surface area contributed by atoms with Crippen LogP contribution in [0.15, 0.2) is 41.2 Å². The Kier molecular flexibility index (Phi) is 3.49. The molecule has 1 N–H and O–H groups in total. The van der Waals surface area contributed by atoms with Crippen molar-refractivity contribution in [3.63, 3.8) is 0 Å². The lowest BCUT2D eigenvalue weighted by Gasteiger charge is -2.07. The van der Waals surface area contributed by atoms with Crippen LogP contribution < -0.4 is 10.3 Å². The molecule has 0 atom stereocenters. The third kappa shape index (κ3) is 2.68. The predicted molar refractivity (Wildman–Crippen MR) is 67.9 cm³/mol. The quantitative estimate of drug-likeness (QED) is 0.909. The van der Waals surface area contributed by atoms with Crippen molar-refractivity contribution in [1.29, 1.82) is 0 Å². The molecule has 88 valence electrons. The summed E-state index contributed by atoms with van der Waals surface area (Å²) in [6.45, 7) is 0. The van der Waals surface area contributed by atoms with Crippen molar-refractivity contribution in [2.75, 3.05) is 7.11 Å². The Hall–Kier alpha value is -1.74. The van der Waals surface area contributed by atoms with Crippen LogP contribution in [-0.2, 0) is 6.42 Å². The van der Waals surface area contributed by atoms with Gasteiger partial charge in [-0.2, -0.15) is 0 Å². The summed E-state index contributed by atoms with van der Waals surface area (Å²) in [5.41, 5.74) is 1.57. The van der Waals surface area contributed by atoms with Crippen molar-refractivity contribution in [2.24, 2.45) is 0 Å². The average molecular weight is 250 g/mol. The fourth-order valence-electron chi connectivity index (χ4n) is 1.65. The van der Waals surface area contributed by atoms with E-state index in [1.54, 1.807) is 19.2 Å². The van der Waals surface area contributed by atoms with Crippen LogP contribution in [0, 0.1) is 0 Å². The molecule has 2 rings (SSSR count). The summed E-state index contributed by atoms with van der Waals surface area (Å²) in [4.78, 5) is 14.1. The summed E-state index contributed by atoms with van der Waals surface area (Å²) in [7, 11) is 1.63.